The lowest BCUT2D eigenvalue weighted by Gasteiger charge is -2.60. The minimum Gasteiger partial charge on any atom is -0.463 e. The van der Waals surface area contributed by atoms with Crippen molar-refractivity contribution in [3.8, 4) is 0 Å². The second kappa shape index (κ2) is 14.7. The zero-order valence-electron chi connectivity index (χ0n) is 33.2. The summed E-state index contributed by atoms with van der Waals surface area (Å²) in [6.07, 6.45) is 1.48. The smallest absolute Gasteiger partial charge is 0.303 e. The van der Waals surface area contributed by atoms with Gasteiger partial charge in [0.05, 0.1) is 18.8 Å². The van der Waals surface area contributed by atoms with E-state index in [1.54, 1.807) is 0 Å². The van der Waals surface area contributed by atoms with Crippen molar-refractivity contribution >= 4 is 29.7 Å². The van der Waals surface area contributed by atoms with E-state index in [9.17, 15) is 24.0 Å². The lowest BCUT2D eigenvalue weighted by Crippen LogP contribution is -2.63. The summed E-state index contributed by atoms with van der Waals surface area (Å²) in [5, 5.41) is 0. The van der Waals surface area contributed by atoms with Crippen molar-refractivity contribution < 1.29 is 61.9 Å². The van der Waals surface area contributed by atoms with Crippen molar-refractivity contribution in [1.82, 2.24) is 0 Å². The van der Waals surface area contributed by atoms with Crippen LogP contribution in [0, 0.1) is 52.3 Å². The Balaban J connectivity index is 1.07. The Morgan fingerprint density at radius 1 is 0.796 bits per heavy atom. The summed E-state index contributed by atoms with van der Waals surface area (Å²) in [5.41, 5.74) is -0.477. The molecule has 7 aliphatic rings. The van der Waals surface area contributed by atoms with Crippen LogP contribution in [0.2, 0.25) is 0 Å². The van der Waals surface area contributed by atoms with Gasteiger partial charge in [-0.1, -0.05) is 27.7 Å². The van der Waals surface area contributed by atoms with Gasteiger partial charge in [0, 0.05) is 57.8 Å². The Kier molecular flexibility index (Phi) is 10.8. The van der Waals surface area contributed by atoms with E-state index >= 15 is 0 Å². The van der Waals surface area contributed by atoms with E-state index in [-0.39, 0.29) is 53.8 Å². The van der Waals surface area contributed by atoms with E-state index in [0.717, 1.165) is 38.5 Å². The molecule has 3 heterocycles. The van der Waals surface area contributed by atoms with E-state index < -0.39 is 65.8 Å². The Bertz CT molecular complexity index is 1490. The maximum Gasteiger partial charge on any atom is 0.303 e. The van der Waals surface area contributed by atoms with Gasteiger partial charge >= 0.3 is 23.9 Å². The minimum absolute atomic E-state index is 0.0438. The molecule has 7 fully saturated rings. The van der Waals surface area contributed by atoms with Gasteiger partial charge in [-0.15, -0.1) is 0 Å². The second-order valence-corrected chi connectivity index (χ2v) is 18.1. The molecule has 1 spiro atoms. The van der Waals surface area contributed by atoms with Gasteiger partial charge in [-0.05, 0) is 80.0 Å². The first-order chi connectivity index (χ1) is 25.5. The number of ketones is 1. The second-order valence-electron chi connectivity index (χ2n) is 18.1. The normalized spacial score (nSPS) is 48.1. The minimum atomic E-state index is -1.28. The van der Waals surface area contributed by atoms with Crippen molar-refractivity contribution in [3.05, 3.63) is 0 Å². The lowest BCUT2D eigenvalue weighted by molar-refractivity contribution is -0.321. The van der Waals surface area contributed by atoms with Crippen LogP contribution in [-0.2, 0) is 61.9 Å². The van der Waals surface area contributed by atoms with Crippen LogP contribution in [0.5, 0.6) is 0 Å². The highest BCUT2D eigenvalue weighted by Crippen LogP contribution is 2.70. The van der Waals surface area contributed by atoms with E-state index in [1.165, 1.54) is 27.7 Å². The number of hydrogen-bond acceptors (Lipinski definition) is 13. The third-order valence-electron chi connectivity index (χ3n) is 15.0. The maximum atomic E-state index is 14.6. The maximum absolute atomic E-state index is 14.6. The molecule has 302 valence electrons. The zero-order valence-corrected chi connectivity index (χ0v) is 33.2. The first-order valence-electron chi connectivity index (χ1n) is 20.3. The molecular weight excluding hydrogens is 700 g/mol. The average Bonchev–Trinajstić information content (AvgIpc) is 3.54. The van der Waals surface area contributed by atoms with Gasteiger partial charge in [0.15, 0.2) is 30.4 Å². The fourth-order valence-electron chi connectivity index (χ4n) is 12.5. The summed E-state index contributed by atoms with van der Waals surface area (Å²) in [6, 6.07) is 0. The summed E-state index contributed by atoms with van der Waals surface area (Å²) in [5.74, 6) is -0.649. The van der Waals surface area contributed by atoms with Crippen molar-refractivity contribution in [1.29, 1.82) is 0 Å². The first kappa shape index (κ1) is 39.6. The quantitative estimate of drug-likeness (QED) is 0.192. The van der Waals surface area contributed by atoms with Gasteiger partial charge in [0.1, 0.15) is 18.5 Å². The molecule has 4 aliphatic carbocycles. The monoisotopic (exact) mass is 760 g/mol. The van der Waals surface area contributed by atoms with Crippen LogP contribution < -0.4 is 0 Å². The Hall–Kier alpha value is -2.61. The molecule has 0 radical (unpaired) electrons. The molecule has 7 rings (SSSR count). The number of hydrogen-bond donors (Lipinski definition) is 0. The highest BCUT2D eigenvalue weighted by Gasteiger charge is 2.72. The molecule has 3 saturated heterocycles. The fraction of sp³-hybridized carbons (Fsp3) is 0.878. The van der Waals surface area contributed by atoms with Gasteiger partial charge in [0.2, 0.25) is 0 Å². The molecule has 3 aliphatic heterocycles. The Labute approximate surface area is 318 Å². The van der Waals surface area contributed by atoms with Crippen LogP contribution in [0.1, 0.15) is 113 Å². The molecule has 0 N–H and O–H groups in total. The van der Waals surface area contributed by atoms with Crippen LogP contribution in [0.25, 0.3) is 0 Å². The molecule has 0 aromatic heterocycles. The van der Waals surface area contributed by atoms with Crippen molar-refractivity contribution in [2.24, 2.45) is 52.3 Å². The van der Waals surface area contributed by atoms with E-state index in [4.69, 9.17) is 37.9 Å². The summed E-state index contributed by atoms with van der Waals surface area (Å²) in [6.45, 7) is 14.4. The highest BCUT2D eigenvalue weighted by atomic mass is 16.7. The molecule has 0 unspecified atom stereocenters. The Morgan fingerprint density at radius 3 is 2.13 bits per heavy atom. The predicted octanol–water partition coefficient (Wildman–Crippen LogP) is 5.08. The van der Waals surface area contributed by atoms with Crippen molar-refractivity contribution in [2.45, 2.75) is 162 Å². The summed E-state index contributed by atoms with van der Waals surface area (Å²) >= 11 is 0. The van der Waals surface area contributed by atoms with Crippen LogP contribution in [0.3, 0.4) is 0 Å². The van der Waals surface area contributed by atoms with E-state index in [1.807, 2.05) is 0 Å². The summed E-state index contributed by atoms with van der Waals surface area (Å²) < 4.78 is 48.3. The van der Waals surface area contributed by atoms with Crippen molar-refractivity contribution in [2.75, 3.05) is 13.2 Å². The highest BCUT2D eigenvalue weighted by molar-refractivity contribution is 5.87. The van der Waals surface area contributed by atoms with Crippen LogP contribution >= 0.6 is 0 Å². The van der Waals surface area contributed by atoms with Crippen LogP contribution in [0.4, 0.5) is 0 Å². The molecule has 0 aromatic rings. The van der Waals surface area contributed by atoms with Gasteiger partial charge in [-0.2, -0.15) is 0 Å². The molecule has 4 saturated carbocycles. The number of ether oxygens (including phenoxy) is 8. The Morgan fingerprint density at radius 2 is 1.48 bits per heavy atom. The summed E-state index contributed by atoms with van der Waals surface area (Å²) in [7, 11) is 0. The number of esters is 4. The number of carbonyl (C=O) groups excluding carboxylic acids is 5. The van der Waals surface area contributed by atoms with Gasteiger partial charge < -0.3 is 37.9 Å². The molecule has 13 heteroatoms. The topological polar surface area (TPSA) is 159 Å². The van der Waals surface area contributed by atoms with Crippen LogP contribution in [-0.4, -0.2) is 91.6 Å². The molecule has 0 bridgehead atoms. The van der Waals surface area contributed by atoms with Crippen LogP contribution in [0.15, 0.2) is 0 Å². The molecule has 0 aromatic carbocycles. The first-order valence-corrected chi connectivity index (χ1v) is 20.3. The lowest BCUT2D eigenvalue weighted by atomic mass is 9.44. The van der Waals surface area contributed by atoms with Crippen molar-refractivity contribution in [3.63, 3.8) is 0 Å². The SMILES string of the molecule is CC(=O)OC[C@H]1O[C@@H](O[C@H]2CC[C@@]3(C)[C@@H](CC[C@@H]4[C@@H]3CC(=O)[C@]3(C)[C@@H]5[C@H](C[C@@H]43)O[C@]3(CC[C@@H](C)CO3)[C@H]5C)C2)[C@H](OC(C)=O)[C@@H](OC(C)=O)[C@H]1OC(C)=O. The average molecular weight is 761 g/mol. The summed E-state index contributed by atoms with van der Waals surface area (Å²) in [4.78, 5) is 63.2. The molecule has 54 heavy (non-hydrogen) atoms. The number of Topliss-reactive ketones (excluding diaryl/α,β-unsaturated/α-hetero) is 1. The van der Waals surface area contributed by atoms with E-state index in [0.29, 0.717) is 43.5 Å². The van der Waals surface area contributed by atoms with Gasteiger partial charge in [-0.3, -0.25) is 24.0 Å². The molecule has 17 atom stereocenters. The zero-order chi connectivity index (χ0) is 38.9. The van der Waals surface area contributed by atoms with Gasteiger partial charge in [-0.25, -0.2) is 0 Å². The molecular formula is C41H60O13. The fourth-order valence-corrected chi connectivity index (χ4v) is 12.5. The number of rotatable bonds is 7. The van der Waals surface area contributed by atoms with E-state index in [2.05, 4.69) is 27.7 Å². The number of fused-ring (bicyclic) bond motifs is 7. The molecule has 0 amide bonds. The standard InChI is InChI=1S/C41H60O13/c1-20-11-14-41(48-18-20)21(2)34-31(54-41)16-30-28-10-9-26-15-27(12-13-39(26,7)29(28)17-33(46)40(30,34)8)52-38-37(51-25(6)45)36(50-24(5)44)35(49-23(4)43)32(53-38)19-47-22(3)42/h20-21,26-32,34-38H,9-19H2,1-8H3/t20-,21+,26+,27+,28-,29+,30+,31+,32-,34+,35+,36+,37-,38-,39+,40-,41-/m1/s1. The third-order valence-corrected chi connectivity index (χ3v) is 15.0. The molecule has 13 nitrogen and oxygen atoms in total. The predicted molar refractivity (Wildman–Crippen MR) is 189 cm³/mol. The van der Waals surface area contributed by atoms with Gasteiger partial charge in [0.25, 0.3) is 0 Å². The largest absolute Gasteiger partial charge is 0.463 e. The number of carbonyl (C=O) groups is 5. The third kappa shape index (κ3) is 6.80.